The van der Waals surface area contributed by atoms with Gasteiger partial charge in [0, 0.05) is 6.07 Å². The first kappa shape index (κ1) is 14.8. The summed E-state index contributed by atoms with van der Waals surface area (Å²) in [6, 6.07) is 11.1. The fourth-order valence-electron chi connectivity index (χ4n) is 3.18. The van der Waals surface area contributed by atoms with Crippen LogP contribution < -0.4 is 9.47 Å². The Hall–Kier alpha value is -2.75. The standard InChI is InChI=1S/C20H18O4/c1-20(2)9-8-13-17(24-20)11-15(22)18-14(21)10-16(23-19(13)18)12-6-4-3-5-7-12/h3-9,11,16,22H,10H2,1-2H3/t16-/m0/s1. The van der Waals surface area contributed by atoms with Crippen LogP contribution in [0, 0.1) is 0 Å². The van der Waals surface area contributed by atoms with Gasteiger partial charge in [0.15, 0.2) is 5.78 Å². The lowest BCUT2D eigenvalue weighted by Crippen LogP contribution is -2.28. The summed E-state index contributed by atoms with van der Waals surface area (Å²) in [4.78, 5) is 12.6. The number of hydrogen-bond donors (Lipinski definition) is 1. The van der Waals surface area contributed by atoms with E-state index in [9.17, 15) is 9.90 Å². The maximum Gasteiger partial charge on any atom is 0.174 e. The monoisotopic (exact) mass is 322 g/mol. The Morgan fingerprint density at radius 3 is 2.71 bits per heavy atom. The predicted molar refractivity (Wildman–Crippen MR) is 90.6 cm³/mol. The number of aromatic hydroxyl groups is 1. The van der Waals surface area contributed by atoms with Gasteiger partial charge in [-0.05, 0) is 31.6 Å². The summed E-state index contributed by atoms with van der Waals surface area (Å²) in [7, 11) is 0. The molecule has 0 spiro atoms. The lowest BCUT2D eigenvalue weighted by molar-refractivity contribution is 0.0841. The van der Waals surface area contributed by atoms with Crippen LogP contribution in [0.5, 0.6) is 17.2 Å². The van der Waals surface area contributed by atoms with Gasteiger partial charge in [0.1, 0.15) is 34.5 Å². The Bertz CT molecular complexity index is 850. The van der Waals surface area contributed by atoms with Crippen molar-refractivity contribution in [3.05, 3.63) is 59.2 Å². The third-order valence-electron chi connectivity index (χ3n) is 4.37. The summed E-state index contributed by atoms with van der Waals surface area (Å²) < 4.78 is 12.0. The van der Waals surface area contributed by atoms with Crippen LogP contribution >= 0.6 is 0 Å². The third kappa shape index (κ3) is 2.35. The van der Waals surface area contributed by atoms with Gasteiger partial charge in [-0.3, -0.25) is 4.79 Å². The predicted octanol–water partition coefficient (Wildman–Crippen LogP) is 4.28. The third-order valence-corrected chi connectivity index (χ3v) is 4.37. The molecule has 2 aromatic carbocycles. The molecule has 0 aromatic heterocycles. The Morgan fingerprint density at radius 1 is 1.21 bits per heavy atom. The van der Waals surface area contributed by atoms with Crippen LogP contribution in [0.25, 0.3) is 6.08 Å². The number of phenolic OH excluding ortho intramolecular Hbond substituents is 1. The normalized spacial score (nSPS) is 20.6. The van der Waals surface area contributed by atoms with E-state index in [1.165, 1.54) is 6.07 Å². The summed E-state index contributed by atoms with van der Waals surface area (Å²) >= 11 is 0. The molecule has 0 aliphatic carbocycles. The molecule has 0 amide bonds. The molecule has 4 nitrogen and oxygen atoms in total. The molecule has 0 radical (unpaired) electrons. The van der Waals surface area contributed by atoms with Gasteiger partial charge in [-0.15, -0.1) is 0 Å². The molecule has 122 valence electrons. The Morgan fingerprint density at radius 2 is 1.96 bits per heavy atom. The minimum atomic E-state index is -0.467. The SMILES string of the molecule is CC1(C)C=Cc2c(cc(O)c3c2O[C@H](c2ccccc2)CC3=O)O1. The number of rotatable bonds is 1. The maximum absolute atomic E-state index is 12.6. The largest absolute Gasteiger partial charge is 0.507 e. The number of Topliss-reactive ketones (excluding diaryl/α,β-unsaturated/α-hetero) is 1. The lowest BCUT2D eigenvalue weighted by Gasteiger charge is -2.32. The number of phenols is 1. The highest BCUT2D eigenvalue weighted by Gasteiger charge is 2.35. The van der Waals surface area contributed by atoms with Crippen molar-refractivity contribution in [2.45, 2.75) is 32.0 Å². The quantitative estimate of drug-likeness (QED) is 0.851. The molecule has 0 saturated heterocycles. The van der Waals surface area contributed by atoms with Gasteiger partial charge < -0.3 is 14.6 Å². The number of hydrogen-bond acceptors (Lipinski definition) is 4. The first-order chi connectivity index (χ1) is 11.4. The number of benzene rings is 2. The summed E-state index contributed by atoms with van der Waals surface area (Å²) in [5.74, 6) is 0.720. The second-order valence-corrected chi connectivity index (χ2v) is 6.69. The van der Waals surface area contributed by atoms with Crippen molar-refractivity contribution in [1.82, 2.24) is 0 Å². The molecule has 0 fully saturated rings. The molecule has 0 saturated carbocycles. The van der Waals surface area contributed by atoms with Gasteiger partial charge in [0.25, 0.3) is 0 Å². The van der Waals surface area contributed by atoms with E-state index in [0.717, 1.165) is 5.56 Å². The van der Waals surface area contributed by atoms with Crippen molar-refractivity contribution in [2.24, 2.45) is 0 Å². The first-order valence-electron chi connectivity index (χ1n) is 7.97. The molecule has 4 rings (SSSR count). The van der Waals surface area contributed by atoms with E-state index in [0.29, 0.717) is 17.1 Å². The van der Waals surface area contributed by atoms with Gasteiger partial charge in [-0.25, -0.2) is 0 Å². The molecule has 0 unspecified atom stereocenters. The minimum absolute atomic E-state index is 0.0913. The molecule has 24 heavy (non-hydrogen) atoms. The zero-order valence-corrected chi connectivity index (χ0v) is 13.6. The molecule has 2 heterocycles. The molecular formula is C20H18O4. The van der Waals surface area contributed by atoms with E-state index in [1.807, 2.05) is 56.3 Å². The first-order valence-corrected chi connectivity index (χ1v) is 7.97. The van der Waals surface area contributed by atoms with Crippen molar-refractivity contribution >= 4 is 11.9 Å². The van der Waals surface area contributed by atoms with Crippen molar-refractivity contribution < 1.29 is 19.4 Å². The fourth-order valence-corrected chi connectivity index (χ4v) is 3.18. The van der Waals surface area contributed by atoms with Crippen LogP contribution in [-0.2, 0) is 0 Å². The van der Waals surface area contributed by atoms with E-state index < -0.39 is 5.60 Å². The molecule has 1 atom stereocenters. The second kappa shape index (κ2) is 5.13. The topological polar surface area (TPSA) is 55.8 Å². The van der Waals surface area contributed by atoms with E-state index >= 15 is 0 Å². The van der Waals surface area contributed by atoms with E-state index in [4.69, 9.17) is 9.47 Å². The maximum atomic E-state index is 12.6. The van der Waals surface area contributed by atoms with Crippen LogP contribution in [0.1, 0.15) is 47.9 Å². The number of carbonyl (C=O) groups is 1. The lowest BCUT2D eigenvalue weighted by atomic mass is 9.91. The zero-order chi connectivity index (χ0) is 16.9. The highest BCUT2D eigenvalue weighted by atomic mass is 16.5. The number of ether oxygens (including phenoxy) is 2. The number of ketones is 1. The Labute approximate surface area is 140 Å². The van der Waals surface area contributed by atoms with Crippen LogP contribution in [-0.4, -0.2) is 16.5 Å². The summed E-state index contributed by atoms with van der Waals surface area (Å²) in [5.41, 5.74) is 1.42. The Kier molecular flexibility index (Phi) is 3.17. The number of fused-ring (bicyclic) bond motifs is 3. The molecule has 0 bridgehead atoms. The minimum Gasteiger partial charge on any atom is -0.507 e. The highest BCUT2D eigenvalue weighted by Crippen LogP contribution is 2.48. The summed E-state index contributed by atoms with van der Waals surface area (Å²) in [6.45, 7) is 3.86. The van der Waals surface area contributed by atoms with Crippen molar-refractivity contribution in [3.8, 4) is 17.2 Å². The van der Waals surface area contributed by atoms with E-state index in [2.05, 4.69) is 0 Å². The summed E-state index contributed by atoms with van der Waals surface area (Å²) in [6.07, 6.45) is 3.67. The van der Waals surface area contributed by atoms with Crippen LogP contribution in [0.3, 0.4) is 0 Å². The average Bonchev–Trinajstić information content (AvgIpc) is 2.54. The average molecular weight is 322 g/mol. The molecule has 2 aromatic rings. The molecule has 2 aliphatic rings. The van der Waals surface area contributed by atoms with Gasteiger partial charge >= 0.3 is 0 Å². The van der Waals surface area contributed by atoms with Gasteiger partial charge in [0.2, 0.25) is 0 Å². The smallest absolute Gasteiger partial charge is 0.174 e. The van der Waals surface area contributed by atoms with Crippen molar-refractivity contribution in [2.75, 3.05) is 0 Å². The van der Waals surface area contributed by atoms with Gasteiger partial charge in [-0.2, -0.15) is 0 Å². The molecule has 4 heteroatoms. The fraction of sp³-hybridized carbons (Fsp3) is 0.250. The van der Waals surface area contributed by atoms with Crippen LogP contribution in [0.2, 0.25) is 0 Å². The molecule has 2 aliphatic heterocycles. The van der Waals surface area contributed by atoms with Gasteiger partial charge in [0.05, 0.1) is 12.0 Å². The Balaban J connectivity index is 1.84. The van der Waals surface area contributed by atoms with Crippen molar-refractivity contribution in [1.29, 1.82) is 0 Å². The highest BCUT2D eigenvalue weighted by molar-refractivity contribution is 6.04. The van der Waals surface area contributed by atoms with Crippen LogP contribution in [0.15, 0.2) is 42.5 Å². The molecular weight excluding hydrogens is 304 g/mol. The molecule has 1 N–H and O–H groups in total. The van der Waals surface area contributed by atoms with Crippen LogP contribution in [0.4, 0.5) is 0 Å². The number of carbonyl (C=O) groups excluding carboxylic acids is 1. The summed E-state index contributed by atoms with van der Waals surface area (Å²) in [5, 5.41) is 10.3. The second-order valence-electron chi connectivity index (χ2n) is 6.69. The van der Waals surface area contributed by atoms with Gasteiger partial charge in [-0.1, -0.05) is 30.3 Å². The van der Waals surface area contributed by atoms with E-state index in [1.54, 1.807) is 0 Å². The van der Waals surface area contributed by atoms with E-state index in [-0.39, 0.29) is 29.6 Å². The zero-order valence-electron chi connectivity index (χ0n) is 13.6. The van der Waals surface area contributed by atoms with Crippen molar-refractivity contribution in [3.63, 3.8) is 0 Å².